The van der Waals surface area contributed by atoms with Crippen LogP contribution in [0.4, 0.5) is 4.39 Å². The normalized spacial score (nSPS) is 19.5. The second-order valence-electron chi connectivity index (χ2n) is 5.61. The molecule has 1 aromatic carbocycles. The van der Waals surface area contributed by atoms with Gasteiger partial charge < -0.3 is 5.32 Å². The summed E-state index contributed by atoms with van der Waals surface area (Å²) in [7, 11) is -3.73. The molecule has 0 aromatic heterocycles. The number of benzene rings is 1. The number of nitrogens with one attached hydrogen (secondary N) is 1. The first-order valence-corrected chi connectivity index (χ1v) is 9.35. The van der Waals surface area contributed by atoms with E-state index >= 15 is 0 Å². The van der Waals surface area contributed by atoms with Gasteiger partial charge in [0, 0.05) is 26.1 Å². The first-order valence-electron chi connectivity index (χ1n) is 7.53. The number of hydrogen-bond acceptors (Lipinski definition) is 3. The van der Waals surface area contributed by atoms with E-state index in [-0.39, 0.29) is 21.9 Å². The fourth-order valence-electron chi connectivity index (χ4n) is 2.77. The Morgan fingerprint density at radius 2 is 2.17 bits per heavy atom. The summed E-state index contributed by atoms with van der Waals surface area (Å²) in [6, 6.07) is 3.26. The molecule has 8 heteroatoms. The minimum atomic E-state index is -3.73. The molecule has 0 spiro atoms. The molecular weight excluding hydrogens is 343 g/mol. The Morgan fingerprint density at radius 1 is 1.43 bits per heavy atom. The number of carbonyl (C=O) groups is 1. The van der Waals surface area contributed by atoms with Gasteiger partial charge in [0.1, 0.15) is 5.82 Å². The van der Waals surface area contributed by atoms with Crippen molar-refractivity contribution < 1.29 is 17.6 Å². The van der Waals surface area contributed by atoms with E-state index in [0.29, 0.717) is 19.5 Å². The zero-order valence-electron chi connectivity index (χ0n) is 12.9. The number of halogens is 2. The van der Waals surface area contributed by atoms with E-state index in [1.54, 1.807) is 0 Å². The molecule has 2 rings (SSSR count). The van der Waals surface area contributed by atoms with Gasteiger partial charge in [-0.1, -0.05) is 18.0 Å². The highest BCUT2D eigenvalue weighted by molar-refractivity contribution is 7.89. The summed E-state index contributed by atoms with van der Waals surface area (Å²) in [6.45, 7) is 2.27. The van der Waals surface area contributed by atoms with Crippen LogP contribution in [0.15, 0.2) is 23.1 Å². The highest BCUT2D eigenvalue weighted by Gasteiger charge is 2.33. The number of hydrogen-bond donors (Lipinski definition) is 1. The topological polar surface area (TPSA) is 66.5 Å². The molecule has 128 valence electrons. The summed E-state index contributed by atoms with van der Waals surface area (Å²) in [5.74, 6) is -0.785. The molecule has 0 saturated carbocycles. The molecule has 0 radical (unpaired) electrons. The molecular formula is C15H20ClFN2O3S. The van der Waals surface area contributed by atoms with Gasteiger partial charge in [-0.25, -0.2) is 12.8 Å². The predicted octanol–water partition coefficient (Wildman–Crippen LogP) is 2.55. The lowest BCUT2D eigenvalue weighted by Crippen LogP contribution is -2.45. The van der Waals surface area contributed by atoms with Crippen molar-refractivity contribution in [2.45, 2.75) is 43.5 Å². The van der Waals surface area contributed by atoms with E-state index in [4.69, 9.17) is 11.6 Å². The molecule has 1 aromatic rings. The lowest BCUT2D eigenvalue weighted by Gasteiger charge is -2.34. The fraction of sp³-hybridized carbons (Fsp3) is 0.533. The van der Waals surface area contributed by atoms with Crippen molar-refractivity contribution >= 4 is 27.5 Å². The van der Waals surface area contributed by atoms with Gasteiger partial charge in [-0.2, -0.15) is 4.31 Å². The second-order valence-corrected chi connectivity index (χ2v) is 7.91. The number of amides is 1. The Hall–Kier alpha value is -1.18. The molecule has 1 atom stereocenters. The monoisotopic (exact) mass is 362 g/mol. The fourth-order valence-corrected chi connectivity index (χ4v) is 4.76. The standard InChI is InChI=1S/C15H20ClFN2O3S/c1-11(20)18-8-7-12-4-2-3-9-19(12)23(21,22)13-5-6-15(17)14(16)10-13/h5-6,10,12H,2-4,7-9H2,1H3,(H,18,20)/t12-/m1/s1. The van der Waals surface area contributed by atoms with Crippen LogP contribution in [0, 0.1) is 5.82 Å². The average molecular weight is 363 g/mol. The van der Waals surface area contributed by atoms with E-state index in [9.17, 15) is 17.6 Å². The molecule has 1 aliphatic rings. The molecule has 23 heavy (non-hydrogen) atoms. The molecule has 0 unspecified atom stereocenters. The Labute approximate surface area is 140 Å². The van der Waals surface area contributed by atoms with Gasteiger partial charge in [0.25, 0.3) is 0 Å². The minimum Gasteiger partial charge on any atom is -0.356 e. The molecule has 0 aliphatic carbocycles. The number of piperidine rings is 1. The zero-order valence-corrected chi connectivity index (χ0v) is 14.5. The highest BCUT2D eigenvalue weighted by atomic mass is 35.5. The second kappa shape index (κ2) is 7.59. The summed E-state index contributed by atoms with van der Waals surface area (Å²) in [6.07, 6.45) is 3.02. The first-order chi connectivity index (χ1) is 10.8. The zero-order chi connectivity index (χ0) is 17.0. The quantitative estimate of drug-likeness (QED) is 0.875. The highest BCUT2D eigenvalue weighted by Crippen LogP contribution is 2.28. The Bertz CT molecular complexity index is 681. The molecule has 1 aliphatic heterocycles. The Morgan fingerprint density at radius 3 is 2.83 bits per heavy atom. The summed E-state index contributed by atoms with van der Waals surface area (Å²) in [5, 5.41) is 2.48. The van der Waals surface area contributed by atoms with Crippen molar-refractivity contribution in [3.63, 3.8) is 0 Å². The van der Waals surface area contributed by atoms with Crippen LogP contribution in [0.3, 0.4) is 0 Å². The van der Waals surface area contributed by atoms with Crippen LogP contribution in [-0.4, -0.2) is 37.8 Å². The van der Waals surface area contributed by atoms with Crippen molar-refractivity contribution in [3.05, 3.63) is 29.0 Å². The molecule has 0 bridgehead atoms. The van der Waals surface area contributed by atoms with Gasteiger partial charge in [0.05, 0.1) is 9.92 Å². The molecule has 1 N–H and O–H groups in total. The van der Waals surface area contributed by atoms with Gasteiger partial charge in [0.2, 0.25) is 15.9 Å². The minimum absolute atomic E-state index is 0.00433. The SMILES string of the molecule is CC(=O)NCC[C@H]1CCCCN1S(=O)(=O)c1ccc(F)c(Cl)c1. The van der Waals surface area contributed by atoms with Crippen LogP contribution in [0.1, 0.15) is 32.6 Å². The van der Waals surface area contributed by atoms with Crippen LogP contribution in [-0.2, 0) is 14.8 Å². The van der Waals surface area contributed by atoms with Gasteiger partial charge >= 0.3 is 0 Å². The largest absolute Gasteiger partial charge is 0.356 e. The van der Waals surface area contributed by atoms with Crippen LogP contribution < -0.4 is 5.32 Å². The van der Waals surface area contributed by atoms with Crippen molar-refractivity contribution in [1.82, 2.24) is 9.62 Å². The Balaban J connectivity index is 2.20. The maximum Gasteiger partial charge on any atom is 0.243 e. The van der Waals surface area contributed by atoms with E-state index < -0.39 is 15.8 Å². The predicted molar refractivity (Wildman–Crippen MR) is 86.2 cm³/mol. The molecule has 1 fully saturated rings. The van der Waals surface area contributed by atoms with Crippen molar-refractivity contribution in [2.75, 3.05) is 13.1 Å². The molecule has 1 saturated heterocycles. The summed E-state index contributed by atoms with van der Waals surface area (Å²) in [4.78, 5) is 11.0. The number of rotatable bonds is 5. The number of carbonyl (C=O) groups excluding carboxylic acids is 1. The number of nitrogens with zero attached hydrogens (tertiary/aromatic N) is 1. The Kier molecular flexibility index (Phi) is 6.00. The third kappa shape index (κ3) is 4.43. The average Bonchev–Trinajstić information content (AvgIpc) is 2.50. The van der Waals surface area contributed by atoms with Crippen molar-refractivity contribution in [1.29, 1.82) is 0 Å². The molecule has 1 amide bonds. The van der Waals surface area contributed by atoms with Gasteiger partial charge in [-0.3, -0.25) is 4.79 Å². The van der Waals surface area contributed by atoms with E-state index in [1.165, 1.54) is 17.3 Å². The van der Waals surface area contributed by atoms with Crippen LogP contribution in [0.2, 0.25) is 5.02 Å². The third-order valence-electron chi connectivity index (χ3n) is 3.92. The van der Waals surface area contributed by atoms with Crippen molar-refractivity contribution in [3.8, 4) is 0 Å². The molecule has 1 heterocycles. The summed E-state index contributed by atoms with van der Waals surface area (Å²) < 4.78 is 40.3. The third-order valence-corrected chi connectivity index (χ3v) is 6.16. The molecule has 5 nitrogen and oxygen atoms in total. The van der Waals surface area contributed by atoms with Crippen LogP contribution >= 0.6 is 11.6 Å². The maximum atomic E-state index is 13.3. The van der Waals surface area contributed by atoms with E-state index in [2.05, 4.69) is 5.32 Å². The first kappa shape index (κ1) is 18.2. The van der Waals surface area contributed by atoms with Gasteiger partial charge in [-0.15, -0.1) is 0 Å². The lowest BCUT2D eigenvalue weighted by molar-refractivity contribution is -0.119. The lowest BCUT2D eigenvalue weighted by atomic mass is 10.0. The van der Waals surface area contributed by atoms with Crippen LogP contribution in [0.5, 0.6) is 0 Å². The maximum absolute atomic E-state index is 13.3. The van der Waals surface area contributed by atoms with Gasteiger partial charge in [-0.05, 0) is 37.5 Å². The summed E-state index contributed by atoms with van der Waals surface area (Å²) in [5.41, 5.74) is 0. The van der Waals surface area contributed by atoms with E-state index in [0.717, 1.165) is 31.4 Å². The smallest absolute Gasteiger partial charge is 0.243 e. The van der Waals surface area contributed by atoms with Crippen molar-refractivity contribution in [2.24, 2.45) is 0 Å². The van der Waals surface area contributed by atoms with E-state index in [1.807, 2.05) is 0 Å². The van der Waals surface area contributed by atoms with Gasteiger partial charge in [0.15, 0.2) is 0 Å². The summed E-state index contributed by atoms with van der Waals surface area (Å²) >= 11 is 5.71. The van der Waals surface area contributed by atoms with Crippen LogP contribution in [0.25, 0.3) is 0 Å². The number of sulfonamides is 1.